The van der Waals surface area contributed by atoms with Gasteiger partial charge in [0, 0.05) is 24.7 Å². The standard InChI is InChI=1S/C15H14N4O5S/c20-13(18-3-1-15(2-4-18)7-9(15)14(21)22)8-5-10-12(17-25-16-10)11(6-8)19(23)24/h5-6,9H,1-4,7H2,(H,21,22). The highest BCUT2D eigenvalue weighted by Gasteiger charge is 2.59. The van der Waals surface area contributed by atoms with E-state index in [-0.39, 0.29) is 34.0 Å². The van der Waals surface area contributed by atoms with Crippen LogP contribution in [0.15, 0.2) is 12.1 Å². The Balaban J connectivity index is 1.55. The number of carbonyl (C=O) groups is 2. The first-order valence-corrected chi connectivity index (χ1v) is 8.57. The summed E-state index contributed by atoms with van der Waals surface area (Å²) in [4.78, 5) is 36.1. The van der Waals surface area contributed by atoms with E-state index in [0.717, 1.165) is 11.7 Å². The van der Waals surface area contributed by atoms with Crippen LogP contribution in [0, 0.1) is 21.4 Å². The van der Waals surface area contributed by atoms with E-state index in [1.54, 1.807) is 4.90 Å². The quantitative estimate of drug-likeness (QED) is 0.653. The van der Waals surface area contributed by atoms with Gasteiger partial charge in [0.15, 0.2) is 5.52 Å². The molecule has 2 fully saturated rings. The highest BCUT2D eigenvalue weighted by Crippen LogP contribution is 2.59. The Morgan fingerprint density at radius 2 is 2.04 bits per heavy atom. The van der Waals surface area contributed by atoms with Crippen LogP contribution in [-0.4, -0.2) is 48.6 Å². The molecule has 0 radical (unpaired) electrons. The molecule has 2 heterocycles. The number of hydrogen-bond acceptors (Lipinski definition) is 7. The second-order valence-corrected chi connectivity index (χ2v) is 7.16. The van der Waals surface area contributed by atoms with E-state index >= 15 is 0 Å². The van der Waals surface area contributed by atoms with Gasteiger partial charge in [-0.05, 0) is 30.7 Å². The third-order valence-electron chi connectivity index (χ3n) is 5.32. The Bertz CT molecular complexity index is 902. The van der Waals surface area contributed by atoms with Gasteiger partial charge < -0.3 is 10.0 Å². The lowest BCUT2D eigenvalue weighted by molar-refractivity contribution is -0.383. The fourth-order valence-electron chi connectivity index (χ4n) is 3.72. The van der Waals surface area contributed by atoms with Crippen LogP contribution in [0.4, 0.5) is 5.69 Å². The van der Waals surface area contributed by atoms with Crippen LogP contribution in [0.3, 0.4) is 0 Å². The average Bonchev–Trinajstić information content (AvgIpc) is 3.08. The van der Waals surface area contributed by atoms with Gasteiger partial charge in [-0.2, -0.15) is 8.75 Å². The molecular weight excluding hydrogens is 348 g/mol. The number of aliphatic carboxylic acids is 1. The van der Waals surface area contributed by atoms with E-state index in [4.69, 9.17) is 5.11 Å². The molecule has 1 amide bonds. The number of fused-ring (bicyclic) bond motifs is 1. The Hall–Kier alpha value is -2.62. The second-order valence-electron chi connectivity index (χ2n) is 6.63. The molecule has 1 atom stereocenters. The van der Waals surface area contributed by atoms with Gasteiger partial charge in [0.25, 0.3) is 11.6 Å². The Labute approximate surface area is 145 Å². The van der Waals surface area contributed by atoms with Gasteiger partial charge in [0.1, 0.15) is 5.52 Å². The number of benzene rings is 1. The van der Waals surface area contributed by atoms with Crippen molar-refractivity contribution in [1.82, 2.24) is 13.6 Å². The number of nitro benzene ring substituents is 1. The van der Waals surface area contributed by atoms with Crippen molar-refractivity contribution >= 4 is 40.3 Å². The molecule has 1 spiro atoms. The number of aromatic nitrogens is 2. The molecule has 1 aliphatic heterocycles. The fraction of sp³-hybridized carbons (Fsp3) is 0.467. The van der Waals surface area contributed by atoms with Crippen molar-refractivity contribution in [2.45, 2.75) is 19.3 Å². The summed E-state index contributed by atoms with van der Waals surface area (Å²) in [6, 6.07) is 2.77. The number of rotatable bonds is 3. The van der Waals surface area contributed by atoms with Crippen LogP contribution < -0.4 is 0 Å². The van der Waals surface area contributed by atoms with Crippen LogP contribution in [0.2, 0.25) is 0 Å². The largest absolute Gasteiger partial charge is 0.481 e. The number of hydrogen-bond donors (Lipinski definition) is 1. The van der Waals surface area contributed by atoms with Crippen molar-refractivity contribution in [2.75, 3.05) is 13.1 Å². The van der Waals surface area contributed by atoms with Gasteiger partial charge in [-0.25, -0.2) is 0 Å². The first-order chi connectivity index (χ1) is 11.9. The third-order valence-corrected chi connectivity index (χ3v) is 5.86. The number of carbonyl (C=O) groups excluding carboxylic acids is 1. The van der Waals surface area contributed by atoms with Gasteiger partial charge in [-0.3, -0.25) is 19.7 Å². The van der Waals surface area contributed by atoms with E-state index in [1.165, 1.54) is 12.1 Å². The minimum absolute atomic E-state index is 0.169. The zero-order valence-corrected chi connectivity index (χ0v) is 13.9. The number of nitro groups is 1. The van der Waals surface area contributed by atoms with E-state index in [9.17, 15) is 19.7 Å². The Kier molecular flexibility index (Phi) is 3.46. The molecule has 2 aliphatic rings. The molecule has 2 aromatic rings. The lowest BCUT2D eigenvalue weighted by Crippen LogP contribution is -2.40. The number of carboxylic acids is 1. The first kappa shape index (κ1) is 15.9. The minimum Gasteiger partial charge on any atom is -0.481 e. The van der Waals surface area contributed by atoms with E-state index in [1.807, 2.05) is 0 Å². The molecule has 1 saturated heterocycles. The molecule has 130 valence electrons. The van der Waals surface area contributed by atoms with E-state index < -0.39 is 10.9 Å². The zero-order valence-electron chi connectivity index (χ0n) is 13.0. The van der Waals surface area contributed by atoms with Gasteiger partial charge in [0.05, 0.1) is 22.6 Å². The second kappa shape index (κ2) is 5.45. The molecule has 1 saturated carbocycles. The SMILES string of the molecule is O=C(O)C1CC12CCN(C(=O)c1cc([N+](=O)[O-])c3nsnc3c1)CC2. The summed E-state index contributed by atoms with van der Waals surface area (Å²) in [5.74, 6) is -1.36. The Morgan fingerprint density at radius 3 is 2.64 bits per heavy atom. The van der Waals surface area contributed by atoms with Crippen molar-refractivity contribution in [3.05, 3.63) is 27.8 Å². The lowest BCUT2D eigenvalue weighted by Gasteiger charge is -2.32. The van der Waals surface area contributed by atoms with Crippen molar-refractivity contribution in [3.63, 3.8) is 0 Å². The van der Waals surface area contributed by atoms with Crippen molar-refractivity contribution < 1.29 is 19.6 Å². The van der Waals surface area contributed by atoms with Gasteiger partial charge in [-0.1, -0.05) is 0 Å². The number of amides is 1. The summed E-state index contributed by atoms with van der Waals surface area (Å²) >= 11 is 0.866. The normalized spacial score (nSPS) is 21.4. The number of nitrogens with zero attached hydrogens (tertiary/aromatic N) is 4. The summed E-state index contributed by atoms with van der Waals surface area (Å²) < 4.78 is 7.92. The molecule has 9 nitrogen and oxygen atoms in total. The highest BCUT2D eigenvalue weighted by atomic mass is 32.1. The molecule has 0 bridgehead atoms. The molecule has 1 aliphatic carbocycles. The molecule has 1 unspecified atom stereocenters. The molecule has 10 heteroatoms. The third kappa shape index (κ3) is 2.53. The van der Waals surface area contributed by atoms with Gasteiger partial charge in [-0.15, -0.1) is 0 Å². The van der Waals surface area contributed by atoms with E-state index in [2.05, 4.69) is 8.75 Å². The maximum Gasteiger partial charge on any atom is 0.307 e. The van der Waals surface area contributed by atoms with Crippen LogP contribution in [-0.2, 0) is 4.79 Å². The number of likely N-dealkylation sites (tertiary alicyclic amines) is 1. The molecule has 25 heavy (non-hydrogen) atoms. The first-order valence-electron chi connectivity index (χ1n) is 7.84. The Morgan fingerprint density at radius 1 is 1.32 bits per heavy atom. The van der Waals surface area contributed by atoms with Crippen molar-refractivity contribution in [2.24, 2.45) is 11.3 Å². The molecule has 1 N–H and O–H groups in total. The molecule has 4 rings (SSSR count). The molecule has 1 aromatic carbocycles. The van der Waals surface area contributed by atoms with Crippen LogP contribution in [0.1, 0.15) is 29.6 Å². The van der Waals surface area contributed by atoms with Crippen LogP contribution in [0.25, 0.3) is 11.0 Å². The predicted molar refractivity (Wildman–Crippen MR) is 87.4 cm³/mol. The summed E-state index contributed by atoms with van der Waals surface area (Å²) in [6.07, 6.45) is 1.98. The summed E-state index contributed by atoms with van der Waals surface area (Å²) in [6.45, 7) is 0.924. The lowest BCUT2D eigenvalue weighted by atomic mass is 9.90. The minimum atomic E-state index is -0.767. The monoisotopic (exact) mass is 362 g/mol. The summed E-state index contributed by atoms with van der Waals surface area (Å²) in [5, 5.41) is 20.3. The summed E-state index contributed by atoms with van der Waals surface area (Å²) in [5.41, 5.74) is 0.345. The smallest absolute Gasteiger partial charge is 0.307 e. The average molecular weight is 362 g/mol. The maximum atomic E-state index is 12.7. The topological polar surface area (TPSA) is 127 Å². The number of non-ortho nitro benzene ring substituents is 1. The molecule has 1 aromatic heterocycles. The molecular formula is C15H14N4O5S. The maximum absolute atomic E-state index is 12.7. The number of piperidine rings is 1. The van der Waals surface area contributed by atoms with E-state index in [0.29, 0.717) is 37.9 Å². The fourth-order valence-corrected chi connectivity index (χ4v) is 4.26. The van der Waals surface area contributed by atoms with Gasteiger partial charge in [0.2, 0.25) is 0 Å². The predicted octanol–water partition coefficient (Wildman–Crippen LogP) is 1.93. The highest BCUT2D eigenvalue weighted by molar-refractivity contribution is 7.00. The van der Waals surface area contributed by atoms with Crippen LogP contribution >= 0.6 is 11.7 Å². The van der Waals surface area contributed by atoms with Crippen molar-refractivity contribution in [1.29, 1.82) is 0 Å². The number of carboxylic acid groups (broad SMARTS) is 1. The zero-order chi connectivity index (χ0) is 17.8. The van der Waals surface area contributed by atoms with Crippen LogP contribution in [0.5, 0.6) is 0 Å². The van der Waals surface area contributed by atoms with Crippen molar-refractivity contribution in [3.8, 4) is 0 Å². The van der Waals surface area contributed by atoms with Gasteiger partial charge >= 0.3 is 5.97 Å². The summed E-state index contributed by atoms with van der Waals surface area (Å²) in [7, 11) is 0.